The number of benzene rings is 1. The molecule has 0 saturated carbocycles. The van der Waals surface area contributed by atoms with Gasteiger partial charge in [-0.3, -0.25) is 19.8 Å². The number of hydrogen-bond donors (Lipinski definition) is 1. The molecule has 1 aliphatic rings. The number of phenolic OH excluding ortho intramolecular Hbond substituents is 1. The molecule has 0 bridgehead atoms. The Morgan fingerprint density at radius 3 is 2.74 bits per heavy atom. The molecule has 1 saturated heterocycles. The lowest BCUT2D eigenvalue weighted by molar-refractivity contribution is -0.385. The Labute approximate surface area is 117 Å². The lowest BCUT2D eigenvalue weighted by Gasteiger charge is -2.03. The van der Waals surface area contributed by atoms with Gasteiger partial charge in [-0.05, 0) is 6.08 Å². The van der Waals surface area contributed by atoms with Crippen molar-refractivity contribution in [1.29, 1.82) is 0 Å². The zero-order chi connectivity index (χ0) is 14.2. The van der Waals surface area contributed by atoms with Crippen LogP contribution < -0.4 is 0 Å². The highest BCUT2D eigenvalue weighted by Gasteiger charge is 2.29. The van der Waals surface area contributed by atoms with E-state index in [1.54, 1.807) is 7.05 Å². The third kappa shape index (κ3) is 2.45. The molecule has 2 rings (SSSR count). The maximum Gasteiger partial charge on any atom is 0.311 e. The summed E-state index contributed by atoms with van der Waals surface area (Å²) in [6, 6.07) is 4.12. The van der Waals surface area contributed by atoms with Crippen molar-refractivity contribution in [3.8, 4) is 5.75 Å². The van der Waals surface area contributed by atoms with E-state index in [-0.39, 0.29) is 11.5 Å². The summed E-state index contributed by atoms with van der Waals surface area (Å²) in [6.45, 7) is 0. The average Bonchev–Trinajstić information content (AvgIpc) is 2.59. The van der Waals surface area contributed by atoms with Gasteiger partial charge < -0.3 is 5.11 Å². The zero-order valence-corrected chi connectivity index (χ0v) is 11.3. The number of phenols is 1. The maximum absolute atomic E-state index is 11.8. The van der Waals surface area contributed by atoms with E-state index in [0.29, 0.717) is 9.23 Å². The van der Waals surface area contributed by atoms with E-state index in [1.807, 2.05) is 0 Å². The fourth-order valence-corrected chi connectivity index (χ4v) is 2.67. The molecule has 0 atom stereocenters. The lowest BCUT2D eigenvalue weighted by Crippen LogP contribution is -2.22. The first kappa shape index (κ1) is 13.5. The number of hydrogen-bond acceptors (Lipinski definition) is 6. The van der Waals surface area contributed by atoms with Crippen molar-refractivity contribution in [2.24, 2.45) is 0 Å². The van der Waals surface area contributed by atoms with E-state index in [1.165, 1.54) is 29.2 Å². The SMILES string of the molecule is CN1C(=O)C(=Cc2cccc([N+](=O)[O-])c2O)SC1=S. The number of nitro benzene ring substituents is 1. The molecule has 0 unspecified atom stereocenters. The van der Waals surface area contributed by atoms with Gasteiger partial charge in [-0.2, -0.15) is 0 Å². The monoisotopic (exact) mass is 296 g/mol. The van der Waals surface area contributed by atoms with Gasteiger partial charge >= 0.3 is 5.69 Å². The third-order valence-corrected chi connectivity index (χ3v) is 4.00. The Morgan fingerprint density at radius 2 is 2.21 bits per heavy atom. The van der Waals surface area contributed by atoms with Gasteiger partial charge in [-0.1, -0.05) is 36.1 Å². The molecular formula is C11H8N2O4S2. The van der Waals surface area contributed by atoms with E-state index in [2.05, 4.69) is 0 Å². The zero-order valence-electron chi connectivity index (χ0n) is 9.69. The maximum atomic E-state index is 11.8. The van der Waals surface area contributed by atoms with E-state index < -0.39 is 16.4 Å². The van der Waals surface area contributed by atoms with Crippen molar-refractivity contribution >= 4 is 46.0 Å². The second kappa shape index (κ2) is 4.98. The van der Waals surface area contributed by atoms with Crippen molar-refractivity contribution in [2.45, 2.75) is 0 Å². The molecule has 8 heteroatoms. The number of thioether (sulfide) groups is 1. The molecule has 0 aromatic heterocycles. The number of aromatic hydroxyl groups is 1. The average molecular weight is 296 g/mol. The second-order valence-corrected chi connectivity index (χ2v) is 5.39. The van der Waals surface area contributed by atoms with Crippen LogP contribution in [0.5, 0.6) is 5.75 Å². The number of carbonyl (C=O) groups excluding carboxylic acids is 1. The summed E-state index contributed by atoms with van der Waals surface area (Å²) in [4.78, 5) is 23.4. The van der Waals surface area contributed by atoms with Gasteiger partial charge in [0.25, 0.3) is 5.91 Å². The quantitative estimate of drug-likeness (QED) is 0.389. The number of thiocarbonyl (C=S) groups is 1. The fraction of sp³-hybridized carbons (Fsp3) is 0.0909. The topological polar surface area (TPSA) is 83.7 Å². The number of carbonyl (C=O) groups is 1. The van der Waals surface area contributed by atoms with Crippen LogP contribution in [0.25, 0.3) is 6.08 Å². The standard InChI is InChI=1S/C11H8N2O4S2/c1-12-10(15)8(19-11(12)18)5-6-3-2-4-7(9(6)14)13(16)17/h2-5,14H,1H3. The first-order chi connectivity index (χ1) is 8.91. The molecule has 0 aliphatic carbocycles. The first-order valence-electron chi connectivity index (χ1n) is 5.09. The summed E-state index contributed by atoms with van der Waals surface area (Å²) in [5.41, 5.74) is -0.191. The number of nitrogens with zero attached hydrogens (tertiary/aromatic N) is 2. The molecule has 1 aromatic rings. The molecular weight excluding hydrogens is 288 g/mol. The molecule has 1 heterocycles. The van der Waals surface area contributed by atoms with Gasteiger partial charge in [0.05, 0.1) is 9.83 Å². The lowest BCUT2D eigenvalue weighted by atomic mass is 10.1. The van der Waals surface area contributed by atoms with E-state index >= 15 is 0 Å². The van der Waals surface area contributed by atoms with Crippen LogP contribution in [0.2, 0.25) is 0 Å². The highest BCUT2D eigenvalue weighted by molar-refractivity contribution is 8.26. The summed E-state index contributed by atoms with van der Waals surface area (Å²) in [5.74, 6) is -0.755. The molecule has 1 amide bonds. The predicted octanol–water partition coefficient (Wildman–Crippen LogP) is 2.13. The molecule has 98 valence electrons. The molecule has 0 spiro atoms. The molecule has 6 nitrogen and oxygen atoms in total. The highest BCUT2D eigenvalue weighted by Crippen LogP contribution is 2.35. The summed E-state index contributed by atoms with van der Waals surface area (Å²) < 4.78 is 0.404. The van der Waals surface area contributed by atoms with Gasteiger partial charge in [0.2, 0.25) is 5.75 Å². The van der Waals surface area contributed by atoms with Crippen LogP contribution in [0.4, 0.5) is 5.69 Å². The highest BCUT2D eigenvalue weighted by atomic mass is 32.2. The second-order valence-electron chi connectivity index (χ2n) is 3.71. The molecule has 1 aliphatic heterocycles. The van der Waals surface area contributed by atoms with Crippen LogP contribution in [0.15, 0.2) is 23.1 Å². The summed E-state index contributed by atoms with van der Waals surface area (Å²) >= 11 is 6.06. The number of nitro groups is 1. The van der Waals surface area contributed by atoms with Crippen LogP contribution >= 0.6 is 24.0 Å². The minimum absolute atomic E-state index is 0.211. The van der Waals surface area contributed by atoms with Crippen LogP contribution in [-0.4, -0.2) is 32.2 Å². The van der Waals surface area contributed by atoms with Gasteiger partial charge in [0, 0.05) is 18.7 Å². The predicted molar refractivity (Wildman–Crippen MR) is 75.7 cm³/mol. The third-order valence-electron chi connectivity index (χ3n) is 2.52. The van der Waals surface area contributed by atoms with Gasteiger partial charge in [0.15, 0.2) is 0 Å². The van der Waals surface area contributed by atoms with Crippen LogP contribution in [0, 0.1) is 10.1 Å². The van der Waals surface area contributed by atoms with Crippen LogP contribution in [0.1, 0.15) is 5.56 Å². The summed E-state index contributed by atoms with van der Waals surface area (Å²) in [5, 5.41) is 20.5. The minimum atomic E-state index is -0.683. The largest absolute Gasteiger partial charge is 0.502 e. The molecule has 1 aromatic carbocycles. The first-order valence-corrected chi connectivity index (χ1v) is 6.32. The molecule has 19 heavy (non-hydrogen) atoms. The Hall–Kier alpha value is -1.93. The van der Waals surface area contributed by atoms with E-state index in [9.17, 15) is 20.0 Å². The number of rotatable bonds is 2. The van der Waals surface area contributed by atoms with Crippen LogP contribution in [0.3, 0.4) is 0 Å². The normalized spacial score (nSPS) is 17.3. The molecule has 1 fully saturated rings. The van der Waals surface area contributed by atoms with E-state index in [4.69, 9.17) is 12.2 Å². The Kier molecular flexibility index (Phi) is 3.54. The van der Waals surface area contributed by atoms with E-state index in [0.717, 1.165) is 11.8 Å². The number of likely N-dealkylation sites (N-methyl/N-ethyl adjacent to an activating group) is 1. The fourth-order valence-electron chi connectivity index (χ4n) is 1.50. The van der Waals surface area contributed by atoms with Gasteiger partial charge in [-0.15, -0.1) is 0 Å². The Morgan fingerprint density at radius 1 is 1.53 bits per heavy atom. The smallest absolute Gasteiger partial charge is 0.311 e. The van der Waals surface area contributed by atoms with Crippen molar-refractivity contribution in [2.75, 3.05) is 7.05 Å². The van der Waals surface area contributed by atoms with Crippen molar-refractivity contribution in [3.63, 3.8) is 0 Å². The van der Waals surface area contributed by atoms with Crippen molar-refractivity contribution < 1.29 is 14.8 Å². The van der Waals surface area contributed by atoms with Gasteiger partial charge in [-0.25, -0.2) is 0 Å². The van der Waals surface area contributed by atoms with Crippen LogP contribution in [-0.2, 0) is 4.79 Å². The number of para-hydroxylation sites is 1. The minimum Gasteiger partial charge on any atom is -0.502 e. The van der Waals surface area contributed by atoms with Gasteiger partial charge in [0.1, 0.15) is 4.32 Å². The van der Waals surface area contributed by atoms with Crippen molar-refractivity contribution in [3.05, 3.63) is 38.8 Å². The molecule has 0 radical (unpaired) electrons. The molecule has 1 N–H and O–H groups in total. The number of amides is 1. The van der Waals surface area contributed by atoms with Crippen molar-refractivity contribution in [1.82, 2.24) is 4.90 Å². The Balaban J connectivity index is 2.45. The summed E-state index contributed by atoms with van der Waals surface area (Å²) in [7, 11) is 1.55. The summed E-state index contributed by atoms with van der Waals surface area (Å²) in [6.07, 6.45) is 1.39. The Bertz CT molecular complexity index is 627.